The molecule has 2 heteroatoms. The normalized spacial score (nSPS) is 15.1. The summed E-state index contributed by atoms with van der Waals surface area (Å²) in [6.07, 6.45) is 9.10. The highest BCUT2D eigenvalue weighted by Crippen LogP contribution is 2.33. The Bertz CT molecular complexity index is 846. The Morgan fingerprint density at radius 2 is 1.75 bits per heavy atom. The smallest absolute Gasteiger partial charge is 0.106 e. The van der Waals surface area contributed by atoms with Gasteiger partial charge in [0, 0.05) is 12.4 Å². The van der Waals surface area contributed by atoms with E-state index in [1.807, 2.05) is 6.20 Å². The predicted molar refractivity (Wildman–Crippen MR) is 98.5 cm³/mol. The van der Waals surface area contributed by atoms with E-state index in [2.05, 4.69) is 72.1 Å². The van der Waals surface area contributed by atoms with Crippen LogP contribution in [0.25, 0.3) is 0 Å². The molecule has 1 aliphatic rings. The van der Waals surface area contributed by atoms with Gasteiger partial charge < -0.3 is 4.57 Å². The third kappa shape index (κ3) is 2.66. The first-order valence-electron chi connectivity index (χ1n) is 8.90. The fourth-order valence-corrected chi connectivity index (χ4v) is 4.09. The number of hydrogen-bond acceptors (Lipinski definition) is 1. The molecule has 1 unspecified atom stereocenters. The van der Waals surface area contributed by atoms with Crippen LogP contribution >= 0.6 is 0 Å². The standard InChI is InChI=1S/C22H24N2/c1-16-14-20(15-19-10-6-7-11-21(16)19)22(18-8-4-3-5-9-18)24-13-12-23-17(24)2/h3-5,8-9,12-15,22H,6-7,10-11H2,1-2H3. The molecule has 1 atom stereocenters. The molecule has 3 aromatic rings. The summed E-state index contributed by atoms with van der Waals surface area (Å²) in [7, 11) is 0. The predicted octanol–water partition coefficient (Wildman–Crippen LogP) is 5.02. The number of aromatic nitrogens is 2. The summed E-state index contributed by atoms with van der Waals surface area (Å²) in [4.78, 5) is 4.46. The van der Waals surface area contributed by atoms with E-state index in [0.717, 1.165) is 5.82 Å². The summed E-state index contributed by atoms with van der Waals surface area (Å²) in [5.74, 6) is 1.05. The summed E-state index contributed by atoms with van der Waals surface area (Å²) in [6.45, 7) is 4.36. The molecule has 1 heterocycles. The Kier molecular flexibility index (Phi) is 3.97. The molecule has 0 aliphatic heterocycles. The maximum atomic E-state index is 4.46. The molecule has 0 bridgehead atoms. The van der Waals surface area contributed by atoms with Crippen molar-refractivity contribution in [2.24, 2.45) is 0 Å². The van der Waals surface area contributed by atoms with Crippen molar-refractivity contribution < 1.29 is 0 Å². The molecule has 2 aromatic carbocycles. The van der Waals surface area contributed by atoms with Crippen LogP contribution in [0.3, 0.4) is 0 Å². The van der Waals surface area contributed by atoms with Gasteiger partial charge >= 0.3 is 0 Å². The summed E-state index contributed by atoms with van der Waals surface area (Å²) in [6, 6.07) is 15.8. The van der Waals surface area contributed by atoms with Crippen LogP contribution in [0.2, 0.25) is 0 Å². The quantitative estimate of drug-likeness (QED) is 0.663. The fraction of sp³-hybridized carbons (Fsp3) is 0.318. The molecule has 122 valence electrons. The van der Waals surface area contributed by atoms with Crippen molar-refractivity contribution in [3.8, 4) is 0 Å². The van der Waals surface area contributed by atoms with Crippen LogP contribution in [-0.2, 0) is 12.8 Å². The zero-order valence-electron chi connectivity index (χ0n) is 14.5. The van der Waals surface area contributed by atoms with Gasteiger partial charge in [0.2, 0.25) is 0 Å². The molecule has 0 radical (unpaired) electrons. The zero-order chi connectivity index (χ0) is 16.5. The third-order valence-corrected chi connectivity index (χ3v) is 5.28. The molecule has 1 aromatic heterocycles. The molecule has 0 N–H and O–H groups in total. The number of aryl methyl sites for hydroxylation is 3. The maximum Gasteiger partial charge on any atom is 0.106 e. The van der Waals surface area contributed by atoms with Gasteiger partial charge in [0.25, 0.3) is 0 Å². The Hall–Kier alpha value is -2.35. The Morgan fingerprint density at radius 1 is 0.958 bits per heavy atom. The minimum absolute atomic E-state index is 0.194. The van der Waals surface area contributed by atoms with E-state index in [0.29, 0.717) is 0 Å². The van der Waals surface area contributed by atoms with Crippen LogP contribution in [0.15, 0.2) is 54.9 Å². The Morgan fingerprint density at radius 3 is 2.50 bits per heavy atom. The average Bonchev–Trinajstić information content (AvgIpc) is 3.02. The fourth-order valence-electron chi connectivity index (χ4n) is 4.09. The van der Waals surface area contributed by atoms with Crippen molar-refractivity contribution in [1.29, 1.82) is 0 Å². The molecular weight excluding hydrogens is 292 g/mol. The molecule has 4 rings (SSSR count). The lowest BCUT2D eigenvalue weighted by molar-refractivity contribution is 0.643. The third-order valence-electron chi connectivity index (χ3n) is 5.28. The van der Waals surface area contributed by atoms with Gasteiger partial charge in [-0.2, -0.15) is 0 Å². The summed E-state index contributed by atoms with van der Waals surface area (Å²) in [5, 5.41) is 0. The van der Waals surface area contributed by atoms with Gasteiger partial charge in [-0.3, -0.25) is 0 Å². The summed E-state index contributed by atoms with van der Waals surface area (Å²) >= 11 is 0. The lowest BCUT2D eigenvalue weighted by Gasteiger charge is -2.25. The van der Waals surface area contributed by atoms with Crippen LogP contribution in [0.5, 0.6) is 0 Å². The van der Waals surface area contributed by atoms with Crippen molar-refractivity contribution in [3.05, 3.63) is 88.5 Å². The number of hydrogen-bond donors (Lipinski definition) is 0. The minimum Gasteiger partial charge on any atom is -0.324 e. The highest BCUT2D eigenvalue weighted by Gasteiger charge is 2.21. The minimum atomic E-state index is 0.194. The molecule has 0 amide bonds. The first-order chi connectivity index (χ1) is 11.7. The highest BCUT2D eigenvalue weighted by molar-refractivity contribution is 5.44. The first-order valence-corrected chi connectivity index (χ1v) is 8.90. The second-order valence-electron chi connectivity index (χ2n) is 6.88. The summed E-state index contributed by atoms with van der Waals surface area (Å²) < 4.78 is 2.29. The maximum absolute atomic E-state index is 4.46. The largest absolute Gasteiger partial charge is 0.324 e. The van der Waals surface area contributed by atoms with Crippen molar-refractivity contribution in [2.75, 3.05) is 0 Å². The number of rotatable bonds is 3. The topological polar surface area (TPSA) is 17.8 Å². The number of nitrogens with zero attached hydrogens (tertiary/aromatic N) is 2. The van der Waals surface area contributed by atoms with Crippen molar-refractivity contribution in [3.63, 3.8) is 0 Å². The van der Waals surface area contributed by atoms with Crippen LogP contribution in [0, 0.1) is 13.8 Å². The van der Waals surface area contributed by atoms with Gasteiger partial charge in [0.05, 0.1) is 6.04 Å². The van der Waals surface area contributed by atoms with Crippen LogP contribution < -0.4 is 0 Å². The van der Waals surface area contributed by atoms with Gasteiger partial charge in [-0.15, -0.1) is 0 Å². The lowest BCUT2D eigenvalue weighted by Crippen LogP contribution is -2.15. The van der Waals surface area contributed by atoms with Crippen LogP contribution in [0.4, 0.5) is 0 Å². The first kappa shape index (κ1) is 15.2. The number of fused-ring (bicyclic) bond motifs is 1. The van der Waals surface area contributed by atoms with Gasteiger partial charge in [-0.1, -0.05) is 42.5 Å². The molecule has 1 aliphatic carbocycles. The van der Waals surface area contributed by atoms with Crippen LogP contribution in [0.1, 0.15) is 52.5 Å². The van der Waals surface area contributed by atoms with Gasteiger partial charge in [-0.05, 0) is 67.3 Å². The molecular formula is C22H24N2. The lowest BCUT2D eigenvalue weighted by atomic mass is 9.85. The monoisotopic (exact) mass is 316 g/mol. The molecule has 0 spiro atoms. The Balaban J connectivity index is 1.88. The van der Waals surface area contributed by atoms with Crippen molar-refractivity contribution in [1.82, 2.24) is 9.55 Å². The SMILES string of the molecule is Cc1cc(C(c2ccccc2)n2ccnc2C)cc2c1CCCC2. The molecule has 24 heavy (non-hydrogen) atoms. The van der Waals surface area contributed by atoms with E-state index in [1.165, 1.54) is 42.4 Å². The Labute approximate surface area is 144 Å². The van der Waals surface area contributed by atoms with Gasteiger partial charge in [-0.25, -0.2) is 4.98 Å². The van der Waals surface area contributed by atoms with E-state index in [-0.39, 0.29) is 6.04 Å². The second-order valence-corrected chi connectivity index (χ2v) is 6.88. The molecule has 0 fully saturated rings. The van der Waals surface area contributed by atoms with Gasteiger partial charge in [0.1, 0.15) is 5.82 Å². The average molecular weight is 316 g/mol. The number of imidazole rings is 1. The van der Waals surface area contributed by atoms with E-state index in [1.54, 1.807) is 11.1 Å². The van der Waals surface area contributed by atoms with Crippen molar-refractivity contribution >= 4 is 0 Å². The van der Waals surface area contributed by atoms with Gasteiger partial charge in [0.15, 0.2) is 0 Å². The number of benzene rings is 2. The summed E-state index contributed by atoms with van der Waals surface area (Å²) in [5.41, 5.74) is 7.27. The molecule has 0 saturated carbocycles. The van der Waals surface area contributed by atoms with E-state index < -0.39 is 0 Å². The van der Waals surface area contributed by atoms with E-state index >= 15 is 0 Å². The van der Waals surface area contributed by atoms with E-state index in [9.17, 15) is 0 Å². The second kappa shape index (κ2) is 6.27. The van der Waals surface area contributed by atoms with Crippen molar-refractivity contribution in [2.45, 2.75) is 45.6 Å². The molecule has 0 saturated heterocycles. The van der Waals surface area contributed by atoms with E-state index in [4.69, 9.17) is 0 Å². The van der Waals surface area contributed by atoms with Crippen LogP contribution in [-0.4, -0.2) is 9.55 Å². The highest BCUT2D eigenvalue weighted by atomic mass is 15.1. The molecule has 2 nitrogen and oxygen atoms in total. The zero-order valence-corrected chi connectivity index (χ0v) is 14.5.